The highest BCUT2D eigenvalue weighted by Crippen LogP contribution is 2.32. The summed E-state index contributed by atoms with van der Waals surface area (Å²) in [6, 6.07) is 6.71. The maximum absolute atomic E-state index is 13.0. The first-order valence-corrected chi connectivity index (χ1v) is 9.33. The van der Waals surface area contributed by atoms with Gasteiger partial charge in [0.25, 0.3) is 17.7 Å². The van der Waals surface area contributed by atoms with Crippen molar-refractivity contribution in [1.82, 2.24) is 14.8 Å². The van der Waals surface area contributed by atoms with Gasteiger partial charge < -0.3 is 10.0 Å². The van der Waals surface area contributed by atoms with Gasteiger partial charge in [-0.2, -0.15) is 0 Å². The summed E-state index contributed by atoms with van der Waals surface area (Å²) in [6.45, 7) is 1.58. The van der Waals surface area contributed by atoms with Gasteiger partial charge in [0, 0.05) is 24.0 Å². The Morgan fingerprint density at radius 1 is 1.14 bits per heavy atom. The van der Waals surface area contributed by atoms with Gasteiger partial charge in [-0.15, -0.1) is 0 Å². The minimum Gasteiger partial charge on any atom is -0.480 e. The molecule has 8 nitrogen and oxygen atoms in total. The number of carbonyl (C=O) groups excluding carboxylic acids is 3. The van der Waals surface area contributed by atoms with Crippen LogP contribution in [0, 0.1) is 0 Å². The fourth-order valence-electron chi connectivity index (χ4n) is 3.52. The Morgan fingerprint density at radius 2 is 1.79 bits per heavy atom. The molecule has 0 bridgehead atoms. The van der Waals surface area contributed by atoms with Crippen LogP contribution in [0.1, 0.15) is 56.4 Å². The lowest BCUT2D eigenvalue weighted by molar-refractivity contribution is -0.141. The van der Waals surface area contributed by atoms with Crippen molar-refractivity contribution in [2.45, 2.75) is 38.4 Å². The van der Waals surface area contributed by atoms with Crippen molar-refractivity contribution in [2.24, 2.45) is 0 Å². The zero-order chi connectivity index (χ0) is 20.7. The highest BCUT2D eigenvalue weighted by molar-refractivity contribution is 6.22. The number of imide groups is 1. The van der Waals surface area contributed by atoms with Gasteiger partial charge in [-0.05, 0) is 55.7 Å². The molecule has 1 atom stereocenters. The molecule has 1 fully saturated rings. The number of pyridine rings is 1. The van der Waals surface area contributed by atoms with Crippen LogP contribution < -0.4 is 0 Å². The molecule has 29 heavy (non-hydrogen) atoms. The molecule has 1 N–H and O–H groups in total. The molecular formula is C21H19N3O5. The van der Waals surface area contributed by atoms with Gasteiger partial charge in [-0.25, -0.2) is 4.79 Å². The van der Waals surface area contributed by atoms with Crippen LogP contribution in [0.4, 0.5) is 0 Å². The van der Waals surface area contributed by atoms with Crippen molar-refractivity contribution in [3.8, 4) is 0 Å². The van der Waals surface area contributed by atoms with Crippen LogP contribution in [0.3, 0.4) is 0 Å². The molecule has 2 aromatic rings. The van der Waals surface area contributed by atoms with Crippen LogP contribution >= 0.6 is 0 Å². The number of nitrogens with zero attached hydrogens (tertiary/aromatic N) is 3. The van der Waals surface area contributed by atoms with Gasteiger partial charge in [0.15, 0.2) is 0 Å². The number of hydrogen-bond donors (Lipinski definition) is 1. The molecule has 1 aliphatic heterocycles. The van der Waals surface area contributed by atoms with E-state index in [9.17, 15) is 24.3 Å². The number of aliphatic carboxylic acids is 1. The molecule has 1 aromatic carbocycles. The van der Waals surface area contributed by atoms with E-state index in [4.69, 9.17) is 0 Å². The summed E-state index contributed by atoms with van der Waals surface area (Å²) in [5.41, 5.74) is 1.37. The molecule has 148 valence electrons. The average molecular weight is 393 g/mol. The molecule has 2 aliphatic rings. The second-order valence-electron chi connectivity index (χ2n) is 7.27. The van der Waals surface area contributed by atoms with Crippen LogP contribution in [-0.2, 0) is 11.3 Å². The van der Waals surface area contributed by atoms with E-state index >= 15 is 0 Å². The van der Waals surface area contributed by atoms with Crippen molar-refractivity contribution >= 4 is 23.7 Å². The van der Waals surface area contributed by atoms with E-state index in [1.54, 1.807) is 24.5 Å². The molecular weight excluding hydrogens is 374 g/mol. The second-order valence-corrected chi connectivity index (χ2v) is 7.27. The topological polar surface area (TPSA) is 108 Å². The molecule has 2 heterocycles. The molecule has 1 aromatic heterocycles. The minimum atomic E-state index is -1.08. The van der Waals surface area contributed by atoms with Crippen LogP contribution in [0.15, 0.2) is 42.7 Å². The number of amides is 3. The van der Waals surface area contributed by atoms with E-state index in [0.29, 0.717) is 0 Å². The zero-order valence-electron chi connectivity index (χ0n) is 15.7. The Hall–Kier alpha value is -3.55. The van der Waals surface area contributed by atoms with Crippen molar-refractivity contribution in [3.63, 3.8) is 0 Å². The normalized spacial score (nSPS) is 16.5. The lowest BCUT2D eigenvalue weighted by Gasteiger charge is -2.26. The Bertz CT molecular complexity index is 1020. The van der Waals surface area contributed by atoms with Crippen molar-refractivity contribution in [1.29, 1.82) is 0 Å². The first kappa shape index (κ1) is 18.8. The van der Waals surface area contributed by atoms with Crippen molar-refractivity contribution < 1.29 is 24.3 Å². The summed E-state index contributed by atoms with van der Waals surface area (Å²) in [6.07, 6.45) is 4.68. The number of hydrogen-bond acceptors (Lipinski definition) is 5. The number of rotatable bonds is 6. The van der Waals surface area contributed by atoms with Gasteiger partial charge >= 0.3 is 5.97 Å². The summed E-state index contributed by atoms with van der Waals surface area (Å²) >= 11 is 0. The van der Waals surface area contributed by atoms with Crippen molar-refractivity contribution in [3.05, 3.63) is 65.0 Å². The molecule has 1 aliphatic carbocycles. The summed E-state index contributed by atoms with van der Waals surface area (Å²) in [5, 5.41) is 9.33. The summed E-state index contributed by atoms with van der Waals surface area (Å²) in [5.74, 6) is -2.42. The predicted molar refractivity (Wildman–Crippen MR) is 101 cm³/mol. The second kappa shape index (κ2) is 7.12. The first-order valence-electron chi connectivity index (χ1n) is 9.33. The van der Waals surface area contributed by atoms with Crippen LogP contribution in [0.25, 0.3) is 0 Å². The largest absolute Gasteiger partial charge is 0.480 e. The lowest BCUT2D eigenvalue weighted by atomic mass is 10.0. The van der Waals surface area contributed by atoms with E-state index in [1.165, 1.54) is 30.0 Å². The number of carboxylic acids is 1. The standard InChI is InChI=1S/C21H19N3O5/c1-12(21(28)29)24(15-3-4-15)18(25)14-2-5-16-17(10-14)20(27)23(19(16)26)11-13-6-8-22-9-7-13/h2,5-10,12,15H,3-4,11H2,1H3,(H,28,29). The van der Waals surface area contributed by atoms with Gasteiger partial charge in [0.05, 0.1) is 17.7 Å². The minimum absolute atomic E-state index is 0.109. The quantitative estimate of drug-likeness (QED) is 0.752. The first-order chi connectivity index (χ1) is 13.9. The highest BCUT2D eigenvalue weighted by atomic mass is 16.4. The third-order valence-electron chi connectivity index (χ3n) is 5.26. The molecule has 0 saturated heterocycles. The fourth-order valence-corrected chi connectivity index (χ4v) is 3.52. The summed E-state index contributed by atoms with van der Waals surface area (Å²) < 4.78 is 0. The van der Waals surface area contributed by atoms with E-state index in [-0.39, 0.29) is 29.3 Å². The SMILES string of the molecule is CC(C(=O)O)N(C(=O)c1ccc2c(c1)C(=O)N(Cc1ccncc1)C2=O)C1CC1. The van der Waals surface area contributed by atoms with Crippen LogP contribution in [-0.4, -0.2) is 55.7 Å². The van der Waals surface area contributed by atoms with Gasteiger partial charge in [-0.3, -0.25) is 24.3 Å². The third kappa shape index (κ3) is 3.37. The monoisotopic (exact) mass is 393 g/mol. The zero-order valence-corrected chi connectivity index (χ0v) is 15.7. The molecule has 1 unspecified atom stereocenters. The molecule has 0 radical (unpaired) electrons. The van der Waals surface area contributed by atoms with E-state index in [1.807, 2.05) is 0 Å². The van der Waals surface area contributed by atoms with Crippen LogP contribution in [0.2, 0.25) is 0 Å². The van der Waals surface area contributed by atoms with Gasteiger partial charge in [0.2, 0.25) is 0 Å². The number of benzene rings is 1. The molecule has 3 amide bonds. The highest BCUT2D eigenvalue weighted by Gasteiger charge is 2.40. The molecule has 0 spiro atoms. The molecule has 1 saturated carbocycles. The maximum Gasteiger partial charge on any atom is 0.326 e. The van der Waals surface area contributed by atoms with E-state index < -0.39 is 29.7 Å². The van der Waals surface area contributed by atoms with Gasteiger partial charge in [0.1, 0.15) is 6.04 Å². The average Bonchev–Trinajstić information content (AvgIpc) is 3.53. The van der Waals surface area contributed by atoms with Gasteiger partial charge in [-0.1, -0.05) is 0 Å². The molecule has 4 rings (SSSR count). The number of aromatic nitrogens is 1. The number of carboxylic acid groups (broad SMARTS) is 1. The Kier molecular flexibility index (Phi) is 4.62. The summed E-state index contributed by atoms with van der Waals surface area (Å²) in [4.78, 5) is 56.3. The Balaban J connectivity index is 1.62. The fraction of sp³-hybridized carbons (Fsp3) is 0.286. The molecule has 8 heteroatoms. The summed E-state index contributed by atoms with van der Waals surface area (Å²) in [7, 11) is 0. The smallest absolute Gasteiger partial charge is 0.326 e. The van der Waals surface area contributed by atoms with Crippen molar-refractivity contribution in [2.75, 3.05) is 0 Å². The number of fused-ring (bicyclic) bond motifs is 1. The Labute approximate surface area is 166 Å². The lowest BCUT2D eigenvalue weighted by Crippen LogP contribution is -2.44. The maximum atomic E-state index is 13.0. The van der Waals surface area contributed by atoms with E-state index in [0.717, 1.165) is 23.3 Å². The third-order valence-corrected chi connectivity index (χ3v) is 5.26. The van der Waals surface area contributed by atoms with Crippen LogP contribution in [0.5, 0.6) is 0 Å². The predicted octanol–water partition coefficient (Wildman–Crippen LogP) is 1.96. The number of carbonyl (C=O) groups is 4. The van der Waals surface area contributed by atoms with E-state index in [2.05, 4.69) is 4.98 Å². The Morgan fingerprint density at radius 3 is 2.41 bits per heavy atom.